The highest BCUT2D eigenvalue weighted by Gasteiger charge is 2.26. The molecule has 0 bridgehead atoms. The number of rotatable bonds is 4. The van der Waals surface area contributed by atoms with Crippen LogP contribution in [-0.2, 0) is 17.8 Å². The maximum absolute atomic E-state index is 12.5. The number of likely N-dealkylation sites (N-methyl/N-ethyl adjacent to an activating group) is 1. The zero-order chi connectivity index (χ0) is 18.1. The number of nitrogens with one attached hydrogen (secondary N) is 1. The van der Waals surface area contributed by atoms with E-state index in [1.54, 1.807) is 11.0 Å². The van der Waals surface area contributed by atoms with Crippen molar-refractivity contribution < 1.29 is 9.59 Å². The van der Waals surface area contributed by atoms with Crippen LogP contribution in [0.4, 0.5) is 5.69 Å². The van der Waals surface area contributed by atoms with Crippen LogP contribution in [0.5, 0.6) is 0 Å². The highest BCUT2D eigenvalue weighted by Crippen LogP contribution is 2.29. The Morgan fingerprint density at radius 2 is 1.80 bits per heavy atom. The fourth-order valence-corrected chi connectivity index (χ4v) is 3.63. The van der Waals surface area contributed by atoms with E-state index in [0.717, 1.165) is 16.8 Å². The second-order valence-corrected chi connectivity index (χ2v) is 6.72. The molecule has 1 aliphatic rings. The number of aryl methyl sites for hydroxylation is 3. The molecule has 0 spiro atoms. The number of hydrogen-bond donors (Lipinski definition) is 1. The average molecular weight is 336 g/mol. The first-order valence-corrected chi connectivity index (χ1v) is 8.69. The van der Waals surface area contributed by atoms with Crippen LogP contribution in [0.15, 0.2) is 30.3 Å². The molecule has 3 rings (SSSR count). The topological polar surface area (TPSA) is 49.4 Å². The van der Waals surface area contributed by atoms with Gasteiger partial charge in [-0.25, -0.2) is 0 Å². The molecule has 25 heavy (non-hydrogen) atoms. The van der Waals surface area contributed by atoms with Gasteiger partial charge in [-0.2, -0.15) is 0 Å². The van der Waals surface area contributed by atoms with Crippen LogP contribution >= 0.6 is 0 Å². The van der Waals surface area contributed by atoms with Gasteiger partial charge in [-0.05, 0) is 68.1 Å². The molecule has 2 amide bonds. The largest absolute Gasteiger partial charge is 0.348 e. The van der Waals surface area contributed by atoms with E-state index in [0.29, 0.717) is 25.1 Å². The Morgan fingerprint density at radius 1 is 1.12 bits per heavy atom. The molecule has 0 aliphatic carbocycles. The molecule has 0 aromatic heterocycles. The van der Waals surface area contributed by atoms with E-state index in [9.17, 15) is 9.59 Å². The smallest absolute Gasteiger partial charge is 0.251 e. The van der Waals surface area contributed by atoms with Crippen LogP contribution in [0.2, 0.25) is 0 Å². The van der Waals surface area contributed by atoms with E-state index in [1.807, 2.05) is 19.1 Å². The Labute approximate surface area is 148 Å². The van der Waals surface area contributed by atoms with Crippen molar-refractivity contribution in [3.05, 3.63) is 63.7 Å². The summed E-state index contributed by atoms with van der Waals surface area (Å²) in [6.07, 6.45) is 0.375. The summed E-state index contributed by atoms with van der Waals surface area (Å²) in [4.78, 5) is 26.3. The van der Waals surface area contributed by atoms with Crippen LogP contribution < -0.4 is 10.2 Å². The van der Waals surface area contributed by atoms with Gasteiger partial charge in [0.05, 0.1) is 6.42 Å². The molecule has 1 aliphatic heterocycles. The molecule has 2 aromatic carbocycles. The van der Waals surface area contributed by atoms with Crippen LogP contribution in [0.25, 0.3) is 0 Å². The third kappa shape index (κ3) is 3.29. The van der Waals surface area contributed by atoms with Gasteiger partial charge in [0, 0.05) is 24.3 Å². The molecule has 0 atom stereocenters. The fraction of sp³-hybridized carbons (Fsp3) is 0.333. The normalized spacial score (nSPS) is 13.1. The second-order valence-electron chi connectivity index (χ2n) is 6.72. The molecule has 0 radical (unpaired) electrons. The molecule has 1 heterocycles. The van der Waals surface area contributed by atoms with Crippen molar-refractivity contribution in [1.29, 1.82) is 0 Å². The standard InChI is InChI=1S/C21H24N2O2/c1-5-23-19-7-6-16(10-17(19)11-20(23)24)21(25)22-12-18-14(3)8-13(2)9-15(18)4/h6-10H,5,11-12H2,1-4H3,(H,22,25). The molecule has 0 fully saturated rings. The van der Waals surface area contributed by atoms with E-state index in [-0.39, 0.29) is 11.8 Å². The number of amides is 2. The van der Waals surface area contributed by atoms with Gasteiger partial charge in [0.25, 0.3) is 5.91 Å². The number of nitrogens with zero attached hydrogens (tertiary/aromatic N) is 1. The van der Waals surface area contributed by atoms with Gasteiger partial charge in [-0.15, -0.1) is 0 Å². The van der Waals surface area contributed by atoms with E-state index in [4.69, 9.17) is 0 Å². The SMILES string of the molecule is CCN1C(=O)Cc2cc(C(=O)NCc3c(C)cc(C)cc3C)ccc21. The molecular formula is C21H24N2O2. The Balaban J connectivity index is 1.75. The van der Waals surface area contributed by atoms with Crippen molar-refractivity contribution in [2.24, 2.45) is 0 Å². The minimum atomic E-state index is -0.107. The lowest BCUT2D eigenvalue weighted by molar-refractivity contribution is -0.117. The van der Waals surface area contributed by atoms with Gasteiger partial charge in [0.15, 0.2) is 0 Å². The van der Waals surface area contributed by atoms with E-state index in [1.165, 1.54) is 16.7 Å². The van der Waals surface area contributed by atoms with Crippen molar-refractivity contribution >= 4 is 17.5 Å². The summed E-state index contributed by atoms with van der Waals surface area (Å²) in [5.74, 6) is -0.00876. The van der Waals surface area contributed by atoms with Crippen LogP contribution in [0, 0.1) is 20.8 Å². The first-order valence-electron chi connectivity index (χ1n) is 8.69. The monoisotopic (exact) mass is 336 g/mol. The fourth-order valence-electron chi connectivity index (χ4n) is 3.63. The average Bonchev–Trinajstić information content (AvgIpc) is 2.87. The number of fused-ring (bicyclic) bond motifs is 1. The lowest BCUT2D eigenvalue weighted by Gasteiger charge is -2.15. The summed E-state index contributed by atoms with van der Waals surface area (Å²) in [6.45, 7) is 9.34. The molecule has 0 saturated heterocycles. The van der Waals surface area contributed by atoms with Crippen LogP contribution in [0.1, 0.15) is 45.1 Å². The van der Waals surface area contributed by atoms with Gasteiger partial charge < -0.3 is 10.2 Å². The van der Waals surface area contributed by atoms with Crippen molar-refractivity contribution in [3.63, 3.8) is 0 Å². The van der Waals surface area contributed by atoms with Crippen LogP contribution in [0.3, 0.4) is 0 Å². The first-order chi connectivity index (χ1) is 11.9. The maximum atomic E-state index is 12.5. The first kappa shape index (κ1) is 17.2. The molecule has 130 valence electrons. The van der Waals surface area contributed by atoms with E-state index in [2.05, 4.69) is 38.2 Å². The van der Waals surface area contributed by atoms with Crippen molar-refractivity contribution in [3.8, 4) is 0 Å². The minimum Gasteiger partial charge on any atom is -0.348 e. The van der Waals surface area contributed by atoms with Crippen molar-refractivity contribution in [2.45, 2.75) is 40.7 Å². The number of anilines is 1. The van der Waals surface area contributed by atoms with Crippen LogP contribution in [-0.4, -0.2) is 18.4 Å². The zero-order valence-electron chi connectivity index (χ0n) is 15.3. The Bertz CT molecular complexity index is 832. The van der Waals surface area contributed by atoms with Crippen molar-refractivity contribution in [1.82, 2.24) is 5.32 Å². The summed E-state index contributed by atoms with van der Waals surface area (Å²) in [5.41, 5.74) is 7.23. The van der Waals surface area contributed by atoms with Gasteiger partial charge >= 0.3 is 0 Å². The summed E-state index contributed by atoms with van der Waals surface area (Å²) < 4.78 is 0. The van der Waals surface area contributed by atoms with E-state index < -0.39 is 0 Å². The molecule has 1 N–H and O–H groups in total. The number of benzene rings is 2. The predicted molar refractivity (Wildman–Crippen MR) is 100.0 cm³/mol. The quantitative estimate of drug-likeness (QED) is 0.930. The van der Waals surface area contributed by atoms with Gasteiger partial charge in [0.2, 0.25) is 5.91 Å². The zero-order valence-corrected chi connectivity index (χ0v) is 15.3. The van der Waals surface area contributed by atoms with E-state index >= 15 is 0 Å². The van der Waals surface area contributed by atoms with Gasteiger partial charge in [-0.1, -0.05) is 17.7 Å². The molecule has 2 aromatic rings. The Hall–Kier alpha value is -2.62. The lowest BCUT2D eigenvalue weighted by atomic mass is 9.99. The third-order valence-corrected chi connectivity index (χ3v) is 4.86. The molecule has 0 saturated carbocycles. The van der Waals surface area contributed by atoms with Gasteiger partial charge in [-0.3, -0.25) is 9.59 Å². The Morgan fingerprint density at radius 3 is 2.44 bits per heavy atom. The predicted octanol–water partition coefficient (Wildman–Crippen LogP) is 3.45. The second kappa shape index (κ2) is 6.71. The molecule has 4 heteroatoms. The summed E-state index contributed by atoms with van der Waals surface area (Å²) in [6, 6.07) is 9.78. The minimum absolute atomic E-state index is 0.0981. The molecule has 4 nitrogen and oxygen atoms in total. The molecular weight excluding hydrogens is 312 g/mol. The lowest BCUT2D eigenvalue weighted by Crippen LogP contribution is -2.26. The Kier molecular flexibility index (Phi) is 4.62. The highest BCUT2D eigenvalue weighted by atomic mass is 16.2. The number of carbonyl (C=O) groups excluding carboxylic acids is 2. The third-order valence-electron chi connectivity index (χ3n) is 4.86. The number of hydrogen-bond acceptors (Lipinski definition) is 2. The summed E-state index contributed by atoms with van der Waals surface area (Å²) in [5, 5.41) is 3.01. The highest BCUT2D eigenvalue weighted by molar-refractivity contribution is 6.03. The molecule has 0 unspecified atom stereocenters. The summed E-state index contributed by atoms with van der Waals surface area (Å²) >= 11 is 0. The number of carbonyl (C=O) groups is 2. The van der Waals surface area contributed by atoms with Crippen molar-refractivity contribution in [2.75, 3.05) is 11.4 Å². The van der Waals surface area contributed by atoms with Gasteiger partial charge in [0.1, 0.15) is 0 Å². The maximum Gasteiger partial charge on any atom is 0.251 e. The summed E-state index contributed by atoms with van der Waals surface area (Å²) in [7, 11) is 0.